The molecule has 2 N–H and O–H groups in total. The summed E-state index contributed by atoms with van der Waals surface area (Å²) in [5.74, 6) is 0. The van der Waals surface area contributed by atoms with E-state index < -0.39 is 6.10 Å². The number of aliphatic hydroxyl groups is 1. The minimum atomic E-state index is -0.533. The Morgan fingerprint density at radius 3 is 2.74 bits per heavy atom. The van der Waals surface area contributed by atoms with Gasteiger partial charge in [0.2, 0.25) is 0 Å². The summed E-state index contributed by atoms with van der Waals surface area (Å²) in [5, 5.41) is 13.4. The van der Waals surface area contributed by atoms with Gasteiger partial charge < -0.3 is 10.4 Å². The van der Waals surface area contributed by atoms with Crippen molar-refractivity contribution in [1.29, 1.82) is 0 Å². The van der Waals surface area contributed by atoms with E-state index in [0.29, 0.717) is 17.4 Å². The van der Waals surface area contributed by atoms with Gasteiger partial charge >= 0.3 is 0 Å². The molecule has 3 aromatic rings. The molecule has 0 aliphatic heterocycles. The van der Waals surface area contributed by atoms with Crippen molar-refractivity contribution < 1.29 is 5.11 Å². The fourth-order valence-electron chi connectivity index (χ4n) is 2.36. The van der Waals surface area contributed by atoms with Gasteiger partial charge in [-0.1, -0.05) is 35.9 Å². The normalized spacial score (nSPS) is 12.3. The summed E-state index contributed by atoms with van der Waals surface area (Å²) >= 11 is 7.30. The van der Waals surface area contributed by atoms with Crippen LogP contribution < -0.4 is 5.32 Å². The third kappa shape index (κ3) is 4.39. The van der Waals surface area contributed by atoms with Crippen molar-refractivity contribution in [3.63, 3.8) is 0 Å². The van der Waals surface area contributed by atoms with Crippen LogP contribution in [0.15, 0.2) is 60.9 Å². The summed E-state index contributed by atoms with van der Waals surface area (Å²) in [5.41, 5.74) is 3.41. The average molecular weight is 345 g/mol. The van der Waals surface area contributed by atoms with Gasteiger partial charge in [-0.3, -0.25) is 4.98 Å². The van der Waals surface area contributed by atoms with Crippen LogP contribution in [0.3, 0.4) is 0 Å². The highest BCUT2D eigenvalue weighted by molar-refractivity contribution is 7.16. The zero-order valence-electron chi connectivity index (χ0n) is 12.4. The molecule has 0 fully saturated rings. The maximum absolute atomic E-state index is 10.1. The van der Waals surface area contributed by atoms with Gasteiger partial charge in [0.1, 0.15) is 6.10 Å². The van der Waals surface area contributed by atoms with E-state index in [9.17, 15) is 5.11 Å². The average Bonchev–Trinajstić information content (AvgIpc) is 3.02. The second kappa shape index (κ2) is 7.70. The molecule has 0 aliphatic carbocycles. The number of aliphatic hydroxyl groups excluding tert-OH is 1. The van der Waals surface area contributed by atoms with Crippen molar-refractivity contribution in [2.75, 3.05) is 6.54 Å². The maximum Gasteiger partial charge on any atom is 0.101 e. The first-order valence-electron chi connectivity index (χ1n) is 7.36. The Bertz CT molecular complexity index is 760. The number of pyridine rings is 1. The van der Waals surface area contributed by atoms with E-state index >= 15 is 0 Å². The van der Waals surface area contributed by atoms with E-state index in [0.717, 1.165) is 16.0 Å². The van der Waals surface area contributed by atoms with Gasteiger partial charge in [-0.2, -0.15) is 0 Å². The van der Waals surface area contributed by atoms with Crippen LogP contribution in [0, 0.1) is 0 Å². The second-order valence-electron chi connectivity index (χ2n) is 5.23. The minimum absolute atomic E-state index is 0.494. The Morgan fingerprint density at radius 2 is 2.00 bits per heavy atom. The van der Waals surface area contributed by atoms with Gasteiger partial charge in [-0.15, -0.1) is 11.3 Å². The first-order chi connectivity index (χ1) is 11.2. The number of thiophene rings is 1. The van der Waals surface area contributed by atoms with Crippen LogP contribution in [0.5, 0.6) is 0 Å². The van der Waals surface area contributed by atoms with Gasteiger partial charge in [-0.25, -0.2) is 0 Å². The predicted octanol–water partition coefficient (Wildman–Crippen LogP) is 4.29. The first kappa shape index (κ1) is 16.1. The molecular formula is C18H17ClN2OS. The van der Waals surface area contributed by atoms with E-state index in [2.05, 4.69) is 28.5 Å². The molecule has 0 radical (unpaired) electrons. The second-order valence-corrected chi connectivity index (χ2v) is 6.98. The molecular weight excluding hydrogens is 328 g/mol. The summed E-state index contributed by atoms with van der Waals surface area (Å²) < 4.78 is 0.697. The zero-order valence-corrected chi connectivity index (χ0v) is 14.0. The lowest BCUT2D eigenvalue weighted by Gasteiger charge is -2.11. The quantitative estimate of drug-likeness (QED) is 0.701. The largest absolute Gasteiger partial charge is 0.386 e. The monoisotopic (exact) mass is 344 g/mol. The smallest absolute Gasteiger partial charge is 0.101 e. The molecule has 118 valence electrons. The number of hydrogen-bond acceptors (Lipinski definition) is 4. The van der Waals surface area contributed by atoms with E-state index in [1.807, 2.05) is 36.5 Å². The standard InChI is InChI=1S/C18H17ClN2OS/c19-18-7-6-17(23-18)16(22)12-21-10-13-3-1-4-14(9-13)15-5-2-8-20-11-15/h1-9,11,16,21-22H,10,12H2. The van der Waals surface area contributed by atoms with Crippen LogP contribution in [0.2, 0.25) is 4.34 Å². The molecule has 2 heterocycles. The molecule has 0 saturated carbocycles. The van der Waals surface area contributed by atoms with E-state index in [-0.39, 0.29) is 0 Å². The number of rotatable bonds is 6. The number of benzene rings is 1. The van der Waals surface area contributed by atoms with Crippen LogP contribution in [-0.4, -0.2) is 16.6 Å². The Labute approximate surface area is 144 Å². The Balaban J connectivity index is 1.58. The molecule has 0 spiro atoms. The Morgan fingerprint density at radius 1 is 1.13 bits per heavy atom. The molecule has 3 nitrogen and oxygen atoms in total. The number of hydrogen-bond donors (Lipinski definition) is 2. The Kier molecular flexibility index (Phi) is 5.41. The number of aromatic nitrogens is 1. The first-order valence-corrected chi connectivity index (χ1v) is 8.55. The van der Waals surface area contributed by atoms with Crippen LogP contribution in [0.1, 0.15) is 16.5 Å². The van der Waals surface area contributed by atoms with Crippen molar-refractivity contribution in [1.82, 2.24) is 10.3 Å². The third-order valence-electron chi connectivity index (χ3n) is 3.51. The molecule has 2 aromatic heterocycles. The number of nitrogens with zero attached hydrogens (tertiary/aromatic N) is 1. The fourth-order valence-corrected chi connectivity index (χ4v) is 3.40. The van der Waals surface area contributed by atoms with E-state index in [4.69, 9.17) is 11.6 Å². The lowest BCUT2D eigenvalue weighted by Crippen LogP contribution is -2.20. The highest BCUT2D eigenvalue weighted by Gasteiger charge is 2.09. The number of nitrogens with one attached hydrogen (secondary N) is 1. The van der Waals surface area contributed by atoms with Crippen molar-refractivity contribution in [3.8, 4) is 11.1 Å². The molecule has 3 rings (SSSR count). The van der Waals surface area contributed by atoms with Crippen molar-refractivity contribution in [2.45, 2.75) is 12.6 Å². The van der Waals surface area contributed by atoms with Crippen molar-refractivity contribution in [2.24, 2.45) is 0 Å². The summed E-state index contributed by atoms with van der Waals surface area (Å²) in [6.07, 6.45) is 3.10. The zero-order chi connectivity index (χ0) is 16.1. The molecule has 5 heteroatoms. The highest BCUT2D eigenvalue weighted by atomic mass is 35.5. The summed E-state index contributed by atoms with van der Waals surface area (Å²) in [4.78, 5) is 5.03. The Hall–Kier alpha value is -1.72. The minimum Gasteiger partial charge on any atom is -0.386 e. The molecule has 1 atom stereocenters. The third-order valence-corrected chi connectivity index (χ3v) is 4.84. The van der Waals surface area contributed by atoms with E-state index in [1.165, 1.54) is 16.9 Å². The van der Waals surface area contributed by atoms with Crippen LogP contribution in [0.25, 0.3) is 11.1 Å². The summed E-state index contributed by atoms with van der Waals surface area (Å²) in [6, 6.07) is 16.0. The van der Waals surface area contributed by atoms with Gasteiger partial charge in [0.05, 0.1) is 4.34 Å². The molecule has 23 heavy (non-hydrogen) atoms. The summed E-state index contributed by atoms with van der Waals surface area (Å²) in [6.45, 7) is 1.19. The van der Waals surface area contributed by atoms with Gasteiger partial charge in [-0.05, 0) is 41.0 Å². The fraction of sp³-hybridized carbons (Fsp3) is 0.167. The molecule has 0 aliphatic rings. The molecule has 0 bridgehead atoms. The van der Waals surface area contributed by atoms with Gasteiger partial charge in [0.15, 0.2) is 0 Å². The molecule has 0 saturated heterocycles. The van der Waals surface area contributed by atoms with Crippen molar-refractivity contribution >= 4 is 22.9 Å². The summed E-state index contributed by atoms with van der Waals surface area (Å²) in [7, 11) is 0. The predicted molar refractivity (Wildman–Crippen MR) is 95.7 cm³/mol. The molecule has 1 aromatic carbocycles. The molecule has 1 unspecified atom stereocenters. The van der Waals surface area contributed by atoms with Gasteiger partial charge in [0.25, 0.3) is 0 Å². The van der Waals surface area contributed by atoms with E-state index in [1.54, 1.807) is 6.20 Å². The lowest BCUT2D eigenvalue weighted by molar-refractivity contribution is 0.178. The number of halogens is 1. The lowest BCUT2D eigenvalue weighted by atomic mass is 10.0. The van der Waals surface area contributed by atoms with Crippen LogP contribution >= 0.6 is 22.9 Å². The SMILES string of the molecule is OC(CNCc1cccc(-c2cccnc2)c1)c1ccc(Cl)s1. The highest BCUT2D eigenvalue weighted by Crippen LogP contribution is 2.26. The maximum atomic E-state index is 10.1. The molecule has 0 amide bonds. The topological polar surface area (TPSA) is 45.1 Å². The van der Waals surface area contributed by atoms with Gasteiger partial charge in [0, 0.05) is 30.4 Å². The van der Waals surface area contributed by atoms with Crippen LogP contribution in [0.4, 0.5) is 0 Å². The van der Waals surface area contributed by atoms with Crippen molar-refractivity contribution in [3.05, 3.63) is 75.7 Å². The van der Waals surface area contributed by atoms with Crippen LogP contribution in [-0.2, 0) is 6.54 Å².